The first-order valence-electron chi connectivity index (χ1n) is 11.0. The number of hydrogen-bond donors (Lipinski definition) is 1. The van der Waals surface area contributed by atoms with Gasteiger partial charge in [0, 0.05) is 23.1 Å². The number of carbonyl (C=O) groups excluding carboxylic acids is 1. The Morgan fingerprint density at radius 3 is 2.50 bits per heavy atom. The number of nitrogens with one attached hydrogen (secondary N) is 1. The fraction of sp³-hybridized carbons (Fsp3) is 0.222. The zero-order valence-electron chi connectivity index (χ0n) is 18.0. The van der Waals surface area contributed by atoms with Gasteiger partial charge in [-0.1, -0.05) is 60.7 Å². The normalized spacial score (nSPS) is 20.4. The monoisotopic (exact) mass is 423 g/mol. The molecule has 0 unspecified atom stereocenters. The lowest BCUT2D eigenvalue weighted by atomic mass is 9.89. The zero-order chi connectivity index (χ0) is 21.7. The molecule has 3 aromatic carbocycles. The topological polar surface area (TPSA) is 48.6 Å². The highest BCUT2D eigenvalue weighted by Crippen LogP contribution is 2.43. The van der Waals surface area contributed by atoms with Crippen molar-refractivity contribution < 1.29 is 9.53 Å². The second-order valence-corrected chi connectivity index (χ2v) is 8.64. The summed E-state index contributed by atoms with van der Waals surface area (Å²) in [6, 6.07) is 26.7. The summed E-state index contributed by atoms with van der Waals surface area (Å²) >= 11 is 0. The summed E-state index contributed by atoms with van der Waals surface area (Å²) in [7, 11) is 1.68. The van der Waals surface area contributed by atoms with Crippen LogP contribution >= 0.6 is 0 Å². The Morgan fingerprint density at radius 1 is 0.969 bits per heavy atom. The molecule has 1 amide bonds. The second-order valence-electron chi connectivity index (χ2n) is 8.64. The lowest BCUT2D eigenvalue weighted by Gasteiger charge is -2.36. The maximum Gasteiger partial charge on any atom is 0.241 e. The summed E-state index contributed by atoms with van der Waals surface area (Å²) in [6.45, 7) is 1.25. The molecule has 1 saturated heterocycles. The van der Waals surface area contributed by atoms with Crippen molar-refractivity contribution in [2.45, 2.75) is 25.0 Å². The summed E-state index contributed by atoms with van der Waals surface area (Å²) in [5.41, 5.74) is 5.91. The van der Waals surface area contributed by atoms with Gasteiger partial charge in [-0.15, -0.1) is 0 Å². The largest absolute Gasteiger partial charge is 0.497 e. The van der Waals surface area contributed by atoms with Crippen LogP contribution in [-0.4, -0.2) is 40.5 Å². The molecular weight excluding hydrogens is 398 g/mol. The third-order valence-corrected chi connectivity index (χ3v) is 6.83. The zero-order valence-corrected chi connectivity index (χ0v) is 18.0. The Bertz CT molecular complexity index is 1280. The van der Waals surface area contributed by atoms with E-state index in [0.29, 0.717) is 13.2 Å². The van der Waals surface area contributed by atoms with Crippen LogP contribution in [0.5, 0.6) is 5.75 Å². The molecule has 5 nitrogen and oxygen atoms in total. The van der Waals surface area contributed by atoms with Gasteiger partial charge >= 0.3 is 0 Å². The number of ether oxygens (including phenoxy) is 1. The third-order valence-electron chi connectivity index (χ3n) is 6.83. The van der Waals surface area contributed by atoms with Gasteiger partial charge < -0.3 is 14.6 Å². The highest BCUT2D eigenvalue weighted by atomic mass is 16.5. The molecule has 0 radical (unpaired) electrons. The molecule has 32 heavy (non-hydrogen) atoms. The number of nitrogens with zero attached hydrogens (tertiary/aromatic N) is 2. The number of rotatable bonds is 4. The van der Waals surface area contributed by atoms with Crippen LogP contribution in [0.2, 0.25) is 0 Å². The Kier molecular flexibility index (Phi) is 4.51. The average molecular weight is 424 g/mol. The number of H-pyrrole nitrogens is 1. The number of methoxy groups -OCH3 is 1. The highest BCUT2D eigenvalue weighted by molar-refractivity contribution is 5.89. The number of benzene rings is 3. The SMILES string of the molecule is COc1ccc([C@@H]2c3[nH]c4ccccc4c3C[C@H]3C(=O)N(Cc4ccccc4)CN23)cc1. The molecule has 1 aromatic heterocycles. The van der Waals surface area contributed by atoms with Crippen LogP contribution in [0.1, 0.15) is 28.4 Å². The molecule has 4 aromatic rings. The van der Waals surface area contributed by atoms with E-state index in [4.69, 9.17) is 4.74 Å². The molecule has 6 rings (SSSR count). The van der Waals surface area contributed by atoms with Crippen LogP contribution < -0.4 is 4.74 Å². The predicted octanol–water partition coefficient (Wildman–Crippen LogP) is 4.49. The van der Waals surface area contributed by atoms with E-state index >= 15 is 0 Å². The van der Waals surface area contributed by atoms with Crippen molar-refractivity contribution in [1.82, 2.24) is 14.8 Å². The molecule has 0 spiro atoms. The van der Waals surface area contributed by atoms with Gasteiger partial charge in [-0.3, -0.25) is 9.69 Å². The van der Waals surface area contributed by atoms with Gasteiger partial charge in [-0.2, -0.15) is 0 Å². The summed E-state index contributed by atoms with van der Waals surface area (Å²) in [4.78, 5) is 21.6. The first-order valence-corrected chi connectivity index (χ1v) is 11.0. The number of carbonyl (C=O) groups is 1. The van der Waals surface area contributed by atoms with Crippen LogP contribution in [-0.2, 0) is 17.8 Å². The van der Waals surface area contributed by atoms with E-state index in [9.17, 15) is 4.79 Å². The Morgan fingerprint density at radius 2 is 1.72 bits per heavy atom. The van der Waals surface area contributed by atoms with Gasteiger partial charge in [0.1, 0.15) is 5.75 Å². The quantitative estimate of drug-likeness (QED) is 0.526. The molecule has 1 N–H and O–H groups in total. The average Bonchev–Trinajstić information content (AvgIpc) is 3.36. The molecule has 3 heterocycles. The smallest absolute Gasteiger partial charge is 0.241 e. The first kappa shape index (κ1) is 19.1. The van der Waals surface area contributed by atoms with Gasteiger partial charge in [0.2, 0.25) is 5.91 Å². The Labute approximate surface area is 187 Å². The highest BCUT2D eigenvalue weighted by Gasteiger charge is 2.47. The molecule has 0 saturated carbocycles. The number of hydrogen-bond acceptors (Lipinski definition) is 3. The van der Waals surface area contributed by atoms with Crippen molar-refractivity contribution in [3.63, 3.8) is 0 Å². The molecular formula is C27H25N3O2. The maximum atomic E-state index is 13.5. The molecule has 0 bridgehead atoms. The fourth-order valence-corrected chi connectivity index (χ4v) is 5.29. The van der Waals surface area contributed by atoms with Crippen molar-refractivity contribution in [3.8, 4) is 5.75 Å². The molecule has 2 aliphatic heterocycles. The number of aromatic amines is 1. The van der Waals surface area contributed by atoms with E-state index in [-0.39, 0.29) is 18.0 Å². The number of aromatic nitrogens is 1. The molecule has 5 heteroatoms. The van der Waals surface area contributed by atoms with Gasteiger partial charge in [-0.05, 0) is 41.3 Å². The van der Waals surface area contributed by atoms with Crippen LogP contribution in [0.4, 0.5) is 0 Å². The van der Waals surface area contributed by atoms with Crippen LogP contribution in [0.3, 0.4) is 0 Å². The maximum absolute atomic E-state index is 13.5. The van der Waals surface area contributed by atoms with Crippen molar-refractivity contribution in [2.75, 3.05) is 13.8 Å². The minimum atomic E-state index is -0.155. The number of para-hydroxylation sites is 1. The fourth-order valence-electron chi connectivity index (χ4n) is 5.29. The minimum absolute atomic E-state index is 0.00761. The molecule has 160 valence electrons. The molecule has 1 fully saturated rings. The van der Waals surface area contributed by atoms with Crippen molar-refractivity contribution in [3.05, 3.63) is 101 Å². The van der Waals surface area contributed by atoms with Crippen LogP contribution in [0.15, 0.2) is 78.9 Å². The van der Waals surface area contributed by atoms with Gasteiger partial charge in [0.25, 0.3) is 0 Å². The summed E-state index contributed by atoms with van der Waals surface area (Å²) in [5.74, 6) is 1.05. The summed E-state index contributed by atoms with van der Waals surface area (Å²) in [6.07, 6.45) is 0.732. The van der Waals surface area contributed by atoms with Crippen molar-refractivity contribution >= 4 is 16.8 Å². The van der Waals surface area contributed by atoms with E-state index in [1.807, 2.05) is 35.2 Å². The number of fused-ring (bicyclic) bond motifs is 4. The molecule has 2 atom stereocenters. The van der Waals surface area contributed by atoms with Crippen molar-refractivity contribution in [1.29, 1.82) is 0 Å². The standard InChI is InChI=1S/C27H25N3O2/c1-32-20-13-11-19(12-14-20)26-25-22(21-9-5-6-10-23(21)28-25)15-24-27(31)29(17-30(24)26)16-18-7-3-2-4-8-18/h2-14,24,26,28H,15-17H2,1H3/t24-,26+/m0/s1. The minimum Gasteiger partial charge on any atom is -0.497 e. The van der Waals surface area contributed by atoms with E-state index < -0.39 is 0 Å². The van der Waals surface area contributed by atoms with Crippen molar-refractivity contribution in [2.24, 2.45) is 0 Å². The van der Waals surface area contributed by atoms with E-state index in [2.05, 4.69) is 58.4 Å². The van der Waals surface area contributed by atoms with E-state index in [1.165, 1.54) is 16.6 Å². The number of amides is 1. The lowest BCUT2D eigenvalue weighted by molar-refractivity contribution is -0.129. The Balaban J connectivity index is 1.43. The Hall–Kier alpha value is -3.57. The van der Waals surface area contributed by atoms with Crippen LogP contribution in [0.25, 0.3) is 10.9 Å². The second kappa shape index (κ2) is 7.53. The van der Waals surface area contributed by atoms with E-state index in [1.54, 1.807) is 7.11 Å². The van der Waals surface area contributed by atoms with Gasteiger partial charge in [0.15, 0.2) is 0 Å². The third kappa shape index (κ3) is 3.00. The lowest BCUT2D eigenvalue weighted by Crippen LogP contribution is -2.42. The van der Waals surface area contributed by atoms with Crippen LogP contribution in [0, 0.1) is 0 Å². The predicted molar refractivity (Wildman–Crippen MR) is 124 cm³/mol. The summed E-state index contributed by atoms with van der Waals surface area (Å²) in [5, 5.41) is 1.22. The molecule has 0 aliphatic carbocycles. The van der Waals surface area contributed by atoms with Gasteiger partial charge in [0.05, 0.1) is 25.9 Å². The summed E-state index contributed by atoms with van der Waals surface area (Å²) < 4.78 is 5.38. The first-order chi connectivity index (χ1) is 15.7. The van der Waals surface area contributed by atoms with E-state index in [0.717, 1.165) is 28.8 Å². The van der Waals surface area contributed by atoms with Gasteiger partial charge in [-0.25, -0.2) is 0 Å². The molecule has 2 aliphatic rings.